The van der Waals surface area contributed by atoms with Gasteiger partial charge in [-0.3, -0.25) is 24.6 Å². The van der Waals surface area contributed by atoms with Crippen LogP contribution in [0.1, 0.15) is 60.5 Å². The lowest BCUT2D eigenvalue weighted by molar-refractivity contribution is -0.136. The fourth-order valence-electron chi connectivity index (χ4n) is 3.30. The number of hydrogen-bond acceptors (Lipinski definition) is 6. The highest BCUT2D eigenvalue weighted by Crippen LogP contribution is 2.34. The van der Waals surface area contributed by atoms with Crippen LogP contribution >= 0.6 is 0 Å². The molecule has 3 aliphatic heterocycles. The van der Waals surface area contributed by atoms with Crippen LogP contribution in [0.2, 0.25) is 0 Å². The van der Waals surface area contributed by atoms with Gasteiger partial charge in [-0.05, 0) is 29.7 Å². The second-order valence-electron chi connectivity index (χ2n) is 7.01. The van der Waals surface area contributed by atoms with E-state index in [0.29, 0.717) is 4.90 Å². The highest BCUT2D eigenvalue weighted by atomic mass is 16.5. The van der Waals surface area contributed by atoms with E-state index >= 15 is 0 Å². The van der Waals surface area contributed by atoms with E-state index < -0.39 is 92.7 Å². The topological polar surface area (TPSA) is 88.2 Å². The highest BCUT2D eigenvalue weighted by Gasteiger charge is 2.40. The van der Waals surface area contributed by atoms with Crippen molar-refractivity contribution >= 4 is 17.7 Å². The fourth-order valence-corrected chi connectivity index (χ4v) is 3.30. The minimum absolute atomic E-state index is 0.268. The van der Waals surface area contributed by atoms with Crippen molar-refractivity contribution < 1.29 is 44.4 Å². The van der Waals surface area contributed by atoms with Crippen molar-refractivity contribution in [3.8, 4) is 5.75 Å². The first kappa shape index (κ1) is 10.4. The molecule has 2 aromatic rings. The molecular weight excluding hydrogens is 422 g/mol. The first-order valence-electron chi connectivity index (χ1n) is 17.3. The Labute approximate surface area is 213 Å². The first-order chi connectivity index (χ1) is 21.7. The summed E-state index contributed by atoms with van der Waals surface area (Å²) in [6.45, 7) is -23.2. The van der Waals surface area contributed by atoms with Crippen molar-refractivity contribution in [3.63, 3.8) is 0 Å². The lowest BCUT2D eigenvalue weighted by atomic mass is 10.0. The van der Waals surface area contributed by atoms with Gasteiger partial charge in [0.2, 0.25) is 11.8 Å². The summed E-state index contributed by atoms with van der Waals surface area (Å²) in [6, 6.07) is 4.83. The van der Waals surface area contributed by atoms with Gasteiger partial charge < -0.3 is 14.4 Å². The number of fused-ring (bicyclic) bond motifs is 1. The van der Waals surface area contributed by atoms with Gasteiger partial charge in [-0.15, -0.1) is 0 Å². The summed E-state index contributed by atoms with van der Waals surface area (Å²) < 4.78 is 134. The van der Waals surface area contributed by atoms with Gasteiger partial charge in [-0.25, -0.2) is 0 Å². The van der Waals surface area contributed by atoms with Crippen LogP contribution in [0.25, 0.3) is 0 Å². The smallest absolute Gasteiger partial charge is 0.255 e. The Hall–Kier alpha value is -3.23. The molecule has 0 spiro atoms. The number of amides is 3. The van der Waals surface area contributed by atoms with Crippen molar-refractivity contribution in [2.24, 2.45) is 0 Å². The van der Waals surface area contributed by atoms with Crippen molar-refractivity contribution in [1.82, 2.24) is 15.1 Å². The Morgan fingerprint density at radius 3 is 2.64 bits per heavy atom. The van der Waals surface area contributed by atoms with E-state index in [-0.39, 0.29) is 22.4 Å². The summed E-state index contributed by atoms with van der Waals surface area (Å²) in [7, 11) is 0. The third kappa shape index (κ3) is 4.62. The SMILES string of the molecule is [2H]C([2H])(Oc1cccc2c1C([2H])([2H])N(C1([2H])CCC(=O)NC1=O)C2=O)c1ccc(C([2H])([2H])N2C([2H])([2H])C([2H])([2H])OC([2H])([2H])C2([2H])[2H])cc1. The molecule has 33 heavy (non-hydrogen) atoms. The number of nitrogens with one attached hydrogen (secondary N) is 1. The number of piperidine rings is 1. The fraction of sp³-hybridized carbons (Fsp3) is 0.400. The van der Waals surface area contributed by atoms with Crippen LogP contribution < -0.4 is 10.1 Å². The van der Waals surface area contributed by atoms with E-state index in [4.69, 9.17) is 25.3 Å². The molecule has 3 aliphatic rings. The monoisotopic (exact) mass is 464 g/mol. The number of carbonyl (C=O) groups excluding carboxylic acids is 3. The van der Waals surface area contributed by atoms with Crippen molar-refractivity contribution in [2.75, 3.05) is 26.1 Å². The molecule has 8 nitrogen and oxygen atoms in total. The molecule has 2 fully saturated rings. The largest absolute Gasteiger partial charge is 0.489 e. The van der Waals surface area contributed by atoms with E-state index in [2.05, 4.69) is 4.74 Å². The van der Waals surface area contributed by atoms with Crippen LogP contribution in [0, 0.1) is 0 Å². The predicted octanol–water partition coefficient (Wildman–Crippen LogP) is 1.86. The summed E-state index contributed by atoms with van der Waals surface area (Å²) >= 11 is 0. The molecule has 3 amide bonds. The minimum Gasteiger partial charge on any atom is -0.489 e. The molecule has 0 radical (unpaired) electrons. The molecule has 2 saturated heterocycles. The van der Waals surface area contributed by atoms with E-state index in [9.17, 15) is 14.4 Å². The molecule has 172 valence electrons. The number of benzene rings is 2. The maximum absolute atomic E-state index is 13.4. The van der Waals surface area contributed by atoms with Gasteiger partial charge in [0.05, 0.1) is 32.0 Å². The Morgan fingerprint density at radius 2 is 1.88 bits per heavy atom. The van der Waals surface area contributed by atoms with Gasteiger partial charge in [0.25, 0.3) is 5.91 Å². The molecule has 5 rings (SSSR count). The number of ether oxygens (including phenoxy) is 2. The van der Waals surface area contributed by atoms with Crippen LogP contribution in [0.5, 0.6) is 5.75 Å². The lowest BCUT2D eigenvalue weighted by Gasteiger charge is -2.29. The Bertz CT molecular complexity index is 1680. The quantitative estimate of drug-likeness (QED) is 0.657. The van der Waals surface area contributed by atoms with Crippen LogP contribution in [0.4, 0.5) is 0 Å². The number of carbonyl (C=O) groups is 3. The standard InChI is InChI=1S/C25H27N3O5/c29-23-9-8-21(24(30)26-23)28-15-20-19(25(28)31)2-1-3-22(20)33-16-18-6-4-17(5-7-18)14-27-10-12-32-13-11-27/h1-7,21H,8-16H2,(H,26,29,30)/i10D2,11D2,12D2,13D2,14D2,15D2,16D2,21D. The van der Waals surface area contributed by atoms with Gasteiger partial charge in [0.15, 0.2) is 0 Å². The van der Waals surface area contributed by atoms with Crippen LogP contribution in [-0.4, -0.2) is 59.7 Å². The molecule has 3 heterocycles. The number of hydrogen-bond donors (Lipinski definition) is 1. The molecule has 1 unspecified atom stereocenters. The second kappa shape index (κ2) is 9.33. The third-order valence-electron chi connectivity index (χ3n) is 4.88. The van der Waals surface area contributed by atoms with Crippen LogP contribution in [-0.2, 0) is 33.9 Å². The van der Waals surface area contributed by atoms with E-state index in [0.717, 1.165) is 30.3 Å². The molecule has 0 aromatic heterocycles. The zero-order valence-electron chi connectivity index (χ0n) is 31.9. The summed E-state index contributed by atoms with van der Waals surface area (Å²) in [5.74, 6) is -3.49. The van der Waals surface area contributed by atoms with Gasteiger partial charge in [-0.1, -0.05) is 30.3 Å². The molecule has 0 aliphatic carbocycles. The van der Waals surface area contributed by atoms with Crippen molar-refractivity contribution in [2.45, 2.75) is 38.4 Å². The van der Waals surface area contributed by atoms with Crippen molar-refractivity contribution in [1.29, 1.82) is 0 Å². The van der Waals surface area contributed by atoms with Gasteiger partial charge in [0, 0.05) is 45.3 Å². The number of nitrogens with zero attached hydrogens (tertiary/aromatic N) is 2. The van der Waals surface area contributed by atoms with Crippen LogP contribution in [0.3, 0.4) is 0 Å². The normalized spacial score (nSPS) is 38.6. The second-order valence-corrected chi connectivity index (χ2v) is 7.01. The number of morpholine rings is 1. The number of rotatable bonds is 6. The third-order valence-corrected chi connectivity index (χ3v) is 4.88. The zero-order valence-corrected chi connectivity index (χ0v) is 16.9. The van der Waals surface area contributed by atoms with Crippen LogP contribution in [0.15, 0.2) is 42.5 Å². The molecule has 1 N–H and O–H groups in total. The molecular formula is C25H27N3O5. The predicted molar refractivity (Wildman–Crippen MR) is 119 cm³/mol. The van der Waals surface area contributed by atoms with Gasteiger partial charge in [0.1, 0.15) is 18.3 Å². The lowest BCUT2D eigenvalue weighted by Crippen LogP contribution is -2.52. The van der Waals surface area contributed by atoms with Crippen molar-refractivity contribution in [3.05, 3.63) is 64.7 Å². The van der Waals surface area contributed by atoms with E-state index in [1.807, 2.05) is 5.32 Å². The number of imide groups is 1. The Kier molecular flexibility index (Phi) is 2.93. The van der Waals surface area contributed by atoms with Gasteiger partial charge in [-0.2, -0.15) is 0 Å². The van der Waals surface area contributed by atoms with E-state index in [1.54, 1.807) is 0 Å². The van der Waals surface area contributed by atoms with E-state index in [1.165, 1.54) is 12.1 Å². The Morgan fingerprint density at radius 1 is 1.12 bits per heavy atom. The zero-order chi connectivity index (χ0) is 36.3. The molecule has 2 aromatic carbocycles. The summed E-state index contributed by atoms with van der Waals surface area (Å²) in [6.07, 6.45) is -0.845. The molecule has 8 heteroatoms. The highest BCUT2D eigenvalue weighted by molar-refractivity contribution is 6.05. The molecule has 1 atom stereocenters. The maximum Gasteiger partial charge on any atom is 0.255 e. The Balaban J connectivity index is 1.48. The average Bonchev–Trinajstić information content (AvgIpc) is 3.14. The maximum atomic E-state index is 13.4. The first-order valence-corrected chi connectivity index (χ1v) is 9.79. The summed E-state index contributed by atoms with van der Waals surface area (Å²) in [4.78, 5) is 37.8. The molecule has 0 bridgehead atoms. The minimum atomic E-state index is -3.56. The average molecular weight is 465 g/mol. The summed E-state index contributed by atoms with van der Waals surface area (Å²) in [5, 5.41) is 1.93. The molecule has 0 saturated carbocycles. The summed E-state index contributed by atoms with van der Waals surface area (Å²) in [5.41, 5.74) is -1.70. The van der Waals surface area contributed by atoms with Gasteiger partial charge >= 0.3 is 0 Å².